The van der Waals surface area contributed by atoms with E-state index in [9.17, 15) is 0 Å². The molecule has 0 spiro atoms. The standard InChI is InChI=1S/C28H30O2/c1-3-5-6-23-7-9-24(10-8-23)19-25-11-13-26(14-12-25)20-27-15-17-28(18-16-27)21-30-22-29-4-2/h3-4,7-18H,1-2,5-6,19-22H2. The lowest BCUT2D eigenvalue weighted by atomic mass is 9.99. The van der Waals surface area contributed by atoms with Crippen LogP contribution in [-0.2, 0) is 35.3 Å². The van der Waals surface area contributed by atoms with Crippen molar-refractivity contribution in [3.05, 3.63) is 132 Å². The van der Waals surface area contributed by atoms with E-state index in [1.54, 1.807) is 0 Å². The van der Waals surface area contributed by atoms with E-state index in [4.69, 9.17) is 9.47 Å². The van der Waals surface area contributed by atoms with Gasteiger partial charge < -0.3 is 9.47 Å². The first kappa shape index (κ1) is 21.6. The van der Waals surface area contributed by atoms with E-state index in [2.05, 4.69) is 86.0 Å². The number of aryl methyl sites for hydroxylation is 1. The molecule has 0 aliphatic rings. The summed E-state index contributed by atoms with van der Waals surface area (Å²) in [5.41, 5.74) is 7.81. The first-order valence-corrected chi connectivity index (χ1v) is 10.4. The third-order valence-corrected chi connectivity index (χ3v) is 5.06. The molecule has 0 saturated heterocycles. The van der Waals surface area contributed by atoms with E-state index >= 15 is 0 Å². The molecule has 0 aliphatic heterocycles. The highest BCUT2D eigenvalue weighted by atomic mass is 16.7. The van der Waals surface area contributed by atoms with Gasteiger partial charge in [0, 0.05) is 0 Å². The molecule has 2 nitrogen and oxygen atoms in total. The molecular weight excluding hydrogens is 368 g/mol. The van der Waals surface area contributed by atoms with Crippen molar-refractivity contribution in [2.75, 3.05) is 6.79 Å². The Kier molecular flexibility index (Phi) is 8.49. The Balaban J connectivity index is 1.50. The van der Waals surface area contributed by atoms with Crippen LogP contribution in [0.5, 0.6) is 0 Å². The predicted molar refractivity (Wildman–Crippen MR) is 124 cm³/mol. The predicted octanol–water partition coefficient (Wildman–Crippen LogP) is 6.62. The van der Waals surface area contributed by atoms with Crippen molar-refractivity contribution in [3.8, 4) is 0 Å². The molecule has 2 heteroatoms. The molecule has 30 heavy (non-hydrogen) atoms. The Morgan fingerprint density at radius 2 is 1.03 bits per heavy atom. The molecule has 0 radical (unpaired) electrons. The fourth-order valence-corrected chi connectivity index (χ4v) is 3.35. The van der Waals surface area contributed by atoms with Gasteiger partial charge in [-0.25, -0.2) is 0 Å². The molecule has 0 fully saturated rings. The molecule has 0 heterocycles. The summed E-state index contributed by atoms with van der Waals surface area (Å²) in [6.45, 7) is 8.05. The van der Waals surface area contributed by atoms with E-state index in [0.29, 0.717) is 6.61 Å². The molecule has 0 aliphatic carbocycles. The first-order valence-electron chi connectivity index (χ1n) is 10.4. The maximum absolute atomic E-state index is 5.41. The van der Waals surface area contributed by atoms with Gasteiger partial charge >= 0.3 is 0 Å². The molecule has 0 bridgehead atoms. The topological polar surface area (TPSA) is 18.5 Å². The van der Waals surface area contributed by atoms with Gasteiger partial charge in [-0.05, 0) is 59.1 Å². The molecule has 0 aromatic heterocycles. The minimum atomic E-state index is 0.233. The van der Waals surface area contributed by atoms with Crippen LogP contribution in [0, 0.1) is 0 Å². The molecule has 0 atom stereocenters. The Morgan fingerprint density at radius 3 is 1.47 bits per heavy atom. The number of hydrogen-bond acceptors (Lipinski definition) is 2. The molecule has 0 unspecified atom stereocenters. The summed E-state index contributed by atoms with van der Waals surface area (Å²) in [4.78, 5) is 0. The minimum absolute atomic E-state index is 0.233. The fourth-order valence-electron chi connectivity index (χ4n) is 3.35. The van der Waals surface area contributed by atoms with Crippen molar-refractivity contribution in [3.63, 3.8) is 0 Å². The zero-order chi connectivity index (χ0) is 21.0. The first-order chi connectivity index (χ1) is 14.8. The smallest absolute Gasteiger partial charge is 0.188 e. The van der Waals surface area contributed by atoms with E-state index in [1.807, 2.05) is 6.08 Å². The Hall–Kier alpha value is -3.10. The summed E-state index contributed by atoms with van der Waals surface area (Å²) in [6.07, 6.45) is 7.35. The lowest BCUT2D eigenvalue weighted by molar-refractivity contribution is -0.0202. The van der Waals surface area contributed by atoms with Crippen LogP contribution in [0.3, 0.4) is 0 Å². The number of rotatable bonds is 12. The fraction of sp³-hybridized carbons (Fsp3) is 0.214. The van der Waals surface area contributed by atoms with Crippen LogP contribution >= 0.6 is 0 Å². The number of hydrogen-bond donors (Lipinski definition) is 0. The Bertz CT molecular complexity index is 906. The van der Waals surface area contributed by atoms with Gasteiger partial charge in [0.05, 0.1) is 12.9 Å². The van der Waals surface area contributed by atoms with Crippen LogP contribution in [0.25, 0.3) is 0 Å². The molecule has 3 rings (SSSR count). The third-order valence-electron chi connectivity index (χ3n) is 5.06. The normalized spacial score (nSPS) is 10.5. The van der Waals surface area contributed by atoms with Crippen molar-refractivity contribution >= 4 is 0 Å². The molecule has 154 valence electrons. The van der Waals surface area contributed by atoms with E-state index in [1.165, 1.54) is 34.1 Å². The number of ether oxygens (including phenoxy) is 2. The highest BCUT2D eigenvalue weighted by Gasteiger charge is 2.01. The quantitative estimate of drug-likeness (QED) is 0.148. The average molecular weight is 399 g/mol. The lowest BCUT2D eigenvalue weighted by Gasteiger charge is -2.08. The second-order valence-electron chi connectivity index (χ2n) is 7.43. The summed E-state index contributed by atoms with van der Waals surface area (Å²) in [5.74, 6) is 0. The molecule has 3 aromatic carbocycles. The summed E-state index contributed by atoms with van der Waals surface area (Å²) >= 11 is 0. The molecule has 3 aromatic rings. The monoisotopic (exact) mass is 398 g/mol. The molecular formula is C28H30O2. The van der Waals surface area contributed by atoms with Crippen LogP contribution in [0.15, 0.2) is 98.3 Å². The summed E-state index contributed by atoms with van der Waals surface area (Å²) in [7, 11) is 0. The number of benzene rings is 3. The lowest BCUT2D eigenvalue weighted by Crippen LogP contribution is -1.97. The summed E-state index contributed by atoms with van der Waals surface area (Å²) in [5, 5.41) is 0. The van der Waals surface area contributed by atoms with Crippen LogP contribution in [0.2, 0.25) is 0 Å². The average Bonchev–Trinajstić information content (AvgIpc) is 2.79. The van der Waals surface area contributed by atoms with Gasteiger partial charge in [0.25, 0.3) is 0 Å². The maximum atomic E-state index is 5.41. The van der Waals surface area contributed by atoms with Gasteiger partial charge in [0.15, 0.2) is 6.79 Å². The Labute approximate surface area is 180 Å². The van der Waals surface area contributed by atoms with E-state index in [-0.39, 0.29) is 6.79 Å². The minimum Gasteiger partial charge on any atom is -0.476 e. The van der Waals surface area contributed by atoms with Crippen LogP contribution in [-0.4, -0.2) is 6.79 Å². The van der Waals surface area contributed by atoms with E-state index < -0.39 is 0 Å². The van der Waals surface area contributed by atoms with Crippen LogP contribution in [0.4, 0.5) is 0 Å². The Morgan fingerprint density at radius 1 is 0.600 bits per heavy atom. The van der Waals surface area contributed by atoms with Crippen molar-refractivity contribution in [1.82, 2.24) is 0 Å². The van der Waals surface area contributed by atoms with Gasteiger partial charge in [-0.15, -0.1) is 6.58 Å². The van der Waals surface area contributed by atoms with Gasteiger partial charge in [-0.3, -0.25) is 0 Å². The van der Waals surface area contributed by atoms with Crippen molar-refractivity contribution < 1.29 is 9.47 Å². The van der Waals surface area contributed by atoms with Gasteiger partial charge in [0.1, 0.15) is 0 Å². The highest BCUT2D eigenvalue weighted by Crippen LogP contribution is 2.16. The zero-order valence-corrected chi connectivity index (χ0v) is 17.6. The van der Waals surface area contributed by atoms with Crippen molar-refractivity contribution in [2.45, 2.75) is 32.3 Å². The van der Waals surface area contributed by atoms with Crippen LogP contribution in [0.1, 0.15) is 39.8 Å². The summed E-state index contributed by atoms with van der Waals surface area (Å²) < 4.78 is 10.4. The zero-order valence-electron chi connectivity index (χ0n) is 17.6. The van der Waals surface area contributed by atoms with Crippen molar-refractivity contribution in [1.29, 1.82) is 0 Å². The van der Waals surface area contributed by atoms with Crippen LogP contribution < -0.4 is 0 Å². The van der Waals surface area contributed by atoms with Gasteiger partial charge in [0.2, 0.25) is 0 Å². The molecule has 0 N–H and O–H groups in total. The highest BCUT2D eigenvalue weighted by molar-refractivity contribution is 5.33. The maximum Gasteiger partial charge on any atom is 0.188 e. The third kappa shape index (κ3) is 7.06. The number of allylic oxidation sites excluding steroid dienone is 1. The van der Waals surface area contributed by atoms with Crippen molar-refractivity contribution in [2.24, 2.45) is 0 Å². The second-order valence-corrected chi connectivity index (χ2v) is 7.43. The van der Waals surface area contributed by atoms with Gasteiger partial charge in [-0.1, -0.05) is 85.5 Å². The van der Waals surface area contributed by atoms with Gasteiger partial charge in [-0.2, -0.15) is 0 Å². The molecule has 0 saturated carbocycles. The second kappa shape index (κ2) is 11.8. The summed E-state index contributed by atoms with van der Waals surface area (Å²) in [6, 6.07) is 26.4. The van der Waals surface area contributed by atoms with E-state index in [0.717, 1.165) is 31.2 Å². The largest absolute Gasteiger partial charge is 0.476 e. The molecule has 0 amide bonds. The SMILES string of the molecule is C=CCCc1ccc(Cc2ccc(Cc3ccc(COCOC=C)cc3)cc2)cc1.